The Balaban J connectivity index is 4.69. The van der Waals surface area contributed by atoms with Crippen molar-refractivity contribution in [1.29, 1.82) is 0 Å². The van der Waals surface area contributed by atoms with E-state index in [1.165, 1.54) is 0 Å². The molecule has 16 heavy (non-hydrogen) atoms. The van der Waals surface area contributed by atoms with E-state index in [2.05, 4.69) is 64.1 Å². The Bertz CT molecular complexity index is 177. The van der Waals surface area contributed by atoms with Gasteiger partial charge in [-0.15, -0.1) is 0 Å². The van der Waals surface area contributed by atoms with E-state index in [1.54, 1.807) is 0 Å². The van der Waals surface area contributed by atoms with Crippen LogP contribution >= 0.6 is 0 Å². The average Bonchev–Trinajstić information content (AvgIpc) is 1.99. The van der Waals surface area contributed by atoms with Crippen molar-refractivity contribution in [2.75, 3.05) is 0 Å². The van der Waals surface area contributed by atoms with E-state index in [0.717, 1.165) is 10.4 Å². The highest BCUT2D eigenvalue weighted by Gasteiger charge is 2.31. The molecule has 3 nitrogen and oxygen atoms in total. The highest BCUT2D eigenvalue weighted by atomic mass is 28.2. The Labute approximate surface area is 105 Å². The topological polar surface area (TPSA) is 36.1 Å². The molecule has 1 unspecified atom stereocenters. The normalized spacial score (nSPS) is 15.4. The molecule has 4 heteroatoms. The van der Waals surface area contributed by atoms with Crippen LogP contribution in [0.25, 0.3) is 0 Å². The van der Waals surface area contributed by atoms with Crippen molar-refractivity contribution in [2.24, 2.45) is 5.41 Å². The van der Waals surface area contributed by atoms with Crippen molar-refractivity contribution in [1.82, 2.24) is 15.6 Å². The first-order valence-electron chi connectivity index (χ1n) is 6.37. The lowest BCUT2D eigenvalue weighted by Gasteiger charge is -2.40. The van der Waals surface area contributed by atoms with Crippen LogP contribution in [0.2, 0.25) is 0 Å². The van der Waals surface area contributed by atoms with Gasteiger partial charge in [0.05, 0.1) is 16.6 Å². The molecule has 98 valence electrons. The molecule has 0 fully saturated rings. The minimum atomic E-state index is 0.260. The van der Waals surface area contributed by atoms with E-state index in [0.29, 0.717) is 24.3 Å². The van der Waals surface area contributed by atoms with Crippen molar-refractivity contribution in [3.63, 3.8) is 0 Å². The second-order valence-electron chi connectivity index (χ2n) is 6.25. The van der Waals surface area contributed by atoms with Crippen LogP contribution in [0.5, 0.6) is 0 Å². The van der Waals surface area contributed by atoms with Crippen LogP contribution in [0.4, 0.5) is 0 Å². The molecule has 0 aromatic carbocycles. The molecule has 0 spiro atoms. The van der Waals surface area contributed by atoms with Crippen LogP contribution < -0.4 is 15.6 Å². The van der Waals surface area contributed by atoms with Crippen molar-refractivity contribution in [2.45, 2.75) is 72.8 Å². The van der Waals surface area contributed by atoms with Gasteiger partial charge in [-0.3, -0.25) is 10.6 Å². The Morgan fingerprint density at radius 2 is 1.25 bits per heavy atom. The van der Waals surface area contributed by atoms with Gasteiger partial charge in [-0.25, -0.2) is 0 Å². The first-order chi connectivity index (χ1) is 7.18. The highest BCUT2D eigenvalue weighted by molar-refractivity contribution is 6.04. The third-order valence-corrected chi connectivity index (χ3v) is 3.23. The summed E-state index contributed by atoms with van der Waals surface area (Å²) in [7, 11) is 1.02. The molecule has 3 N–H and O–H groups in total. The molecule has 0 aromatic rings. The van der Waals surface area contributed by atoms with Crippen molar-refractivity contribution >= 4 is 10.4 Å². The van der Waals surface area contributed by atoms with E-state index < -0.39 is 0 Å². The summed E-state index contributed by atoms with van der Waals surface area (Å²) in [5.41, 5.74) is 0.260. The van der Waals surface area contributed by atoms with E-state index in [1.807, 2.05) is 0 Å². The molecule has 0 radical (unpaired) electrons. The Hall–Kier alpha value is 0.0969. The fourth-order valence-electron chi connectivity index (χ4n) is 2.06. The predicted octanol–water partition coefficient (Wildman–Crippen LogP) is 0.593. The van der Waals surface area contributed by atoms with Crippen LogP contribution in [0.3, 0.4) is 0 Å². The molecular weight excluding hydrogens is 214 g/mol. The summed E-state index contributed by atoms with van der Waals surface area (Å²) in [5, 5.41) is 7.23. The fourth-order valence-corrected chi connectivity index (χ4v) is 3.26. The highest BCUT2D eigenvalue weighted by Crippen LogP contribution is 2.21. The second kappa shape index (κ2) is 6.74. The maximum atomic E-state index is 3.62. The molecule has 1 atom stereocenters. The van der Waals surface area contributed by atoms with Gasteiger partial charge in [0.25, 0.3) is 0 Å². The van der Waals surface area contributed by atoms with Gasteiger partial charge >= 0.3 is 0 Å². The molecule has 0 heterocycles. The summed E-state index contributed by atoms with van der Waals surface area (Å²) in [4.78, 5) is 3.57. The van der Waals surface area contributed by atoms with Crippen LogP contribution in [0.15, 0.2) is 0 Å². The van der Waals surface area contributed by atoms with Crippen LogP contribution in [-0.2, 0) is 0 Å². The van der Waals surface area contributed by atoms with Crippen LogP contribution in [0, 0.1) is 5.41 Å². The molecule has 0 saturated carbocycles. The summed E-state index contributed by atoms with van der Waals surface area (Å²) in [5.74, 6) is 0. The van der Waals surface area contributed by atoms with Crippen LogP contribution in [0.1, 0.15) is 48.5 Å². The smallest absolute Gasteiger partial charge is 0.0754 e. The van der Waals surface area contributed by atoms with Crippen molar-refractivity contribution in [3.05, 3.63) is 0 Å². The van der Waals surface area contributed by atoms with E-state index in [4.69, 9.17) is 0 Å². The maximum absolute atomic E-state index is 3.62. The van der Waals surface area contributed by atoms with E-state index >= 15 is 0 Å². The third kappa shape index (κ3) is 5.99. The Morgan fingerprint density at radius 3 is 1.44 bits per heavy atom. The van der Waals surface area contributed by atoms with Gasteiger partial charge in [0.2, 0.25) is 0 Å². The van der Waals surface area contributed by atoms with Gasteiger partial charge in [0, 0.05) is 18.1 Å². The van der Waals surface area contributed by atoms with Gasteiger partial charge < -0.3 is 4.98 Å². The molecular formula is C12H31N3Si. The van der Waals surface area contributed by atoms with Crippen LogP contribution in [-0.4, -0.2) is 34.7 Å². The molecule has 0 aliphatic rings. The number of hydrogen-bond donors (Lipinski definition) is 3. The number of rotatable bonds is 6. The molecule has 0 bridgehead atoms. The lowest BCUT2D eigenvalue weighted by Crippen LogP contribution is -2.62. The molecule has 0 aliphatic heterocycles. The zero-order valence-electron chi connectivity index (χ0n) is 12.3. The van der Waals surface area contributed by atoms with Crippen molar-refractivity contribution < 1.29 is 0 Å². The van der Waals surface area contributed by atoms with Gasteiger partial charge in [0.15, 0.2) is 0 Å². The summed E-state index contributed by atoms with van der Waals surface area (Å²) >= 11 is 0. The number of nitrogens with one attached hydrogen (secondary N) is 3. The predicted molar refractivity (Wildman–Crippen MR) is 76.6 cm³/mol. The summed E-state index contributed by atoms with van der Waals surface area (Å²) in [6, 6.07) is 1.45. The van der Waals surface area contributed by atoms with E-state index in [9.17, 15) is 0 Å². The van der Waals surface area contributed by atoms with Gasteiger partial charge in [-0.1, -0.05) is 20.8 Å². The second-order valence-corrected chi connectivity index (χ2v) is 6.83. The summed E-state index contributed by atoms with van der Waals surface area (Å²) in [6.45, 7) is 15.7. The summed E-state index contributed by atoms with van der Waals surface area (Å²) in [6.07, 6.45) is 0.331. The first kappa shape index (κ1) is 16.1. The number of hydrogen-bond acceptors (Lipinski definition) is 3. The Kier molecular flexibility index (Phi) is 6.78. The molecule has 0 rings (SSSR count). The maximum Gasteiger partial charge on any atom is 0.0754 e. The fraction of sp³-hybridized carbons (Fsp3) is 1.00. The van der Waals surface area contributed by atoms with Gasteiger partial charge in [0.1, 0.15) is 0 Å². The minimum Gasteiger partial charge on any atom is -0.340 e. The molecule has 0 aromatic heterocycles. The zero-order valence-corrected chi connectivity index (χ0v) is 14.3. The lowest BCUT2D eigenvalue weighted by atomic mass is 9.85. The largest absolute Gasteiger partial charge is 0.340 e. The monoisotopic (exact) mass is 245 g/mol. The minimum absolute atomic E-state index is 0.260. The van der Waals surface area contributed by atoms with Crippen molar-refractivity contribution in [3.8, 4) is 0 Å². The SMILES string of the molecule is CC(C)NC(NC(C)C)C(N[SiH3])C(C)(C)C. The van der Waals surface area contributed by atoms with E-state index in [-0.39, 0.29) is 5.41 Å². The Morgan fingerprint density at radius 1 is 0.875 bits per heavy atom. The molecule has 0 amide bonds. The standard InChI is InChI=1S/C12H31N3Si/c1-8(2)13-11(14-9(3)4)10(15-16)12(5,6)7/h8-11,13-15H,1-7,16H3. The van der Waals surface area contributed by atoms with Gasteiger partial charge in [-0.2, -0.15) is 0 Å². The molecule has 0 aliphatic carbocycles. The quantitative estimate of drug-likeness (QED) is 0.474. The lowest BCUT2D eigenvalue weighted by molar-refractivity contribution is 0.195. The molecule has 0 saturated heterocycles. The average molecular weight is 245 g/mol. The zero-order chi connectivity index (χ0) is 12.9. The van der Waals surface area contributed by atoms with Gasteiger partial charge in [-0.05, 0) is 33.1 Å². The first-order valence-corrected chi connectivity index (χ1v) is 7.37. The third-order valence-electron chi connectivity index (χ3n) is 2.60. The summed E-state index contributed by atoms with van der Waals surface area (Å²) < 4.78 is 0.